The highest BCUT2D eigenvalue weighted by molar-refractivity contribution is 5.61. The third-order valence-corrected chi connectivity index (χ3v) is 3.90. The van der Waals surface area contributed by atoms with E-state index in [-0.39, 0.29) is 5.95 Å². The van der Waals surface area contributed by atoms with E-state index >= 15 is 0 Å². The SMILES string of the molecule is COc1cc(-c2n[nH]c(N)n2)ccc1OCCCN1CCOCC1. The Labute approximate surface area is 140 Å². The number of aromatic nitrogens is 3. The van der Waals surface area contributed by atoms with Crippen molar-refractivity contribution in [3.05, 3.63) is 18.2 Å². The number of aromatic amines is 1. The van der Waals surface area contributed by atoms with E-state index in [0.717, 1.165) is 44.8 Å². The zero-order chi connectivity index (χ0) is 16.8. The van der Waals surface area contributed by atoms with Crippen LogP contribution in [0.2, 0.25) is 0 Å². The van der Waals surface area contributed by atoms with E-state index in [1.165, 1.54) is 0 Å². The van der Waals surface area contributed by atoms with Gasteiger partial charge in [0.05, 0.1) is 26.9 Å². The molecule has 8 heteroatoms. The maximum Gasteiger partial charge on any atom is 0.216 e. The standard InChI is InChI=1S/C16H23N5O3/c1-22-14-11-12(15-18-16(17)20-19-15)3-4-13(14)24-8-2-5-21-6-9-23-10-7-21/h3-4,11H,2,5-10H2,1H3,(H3,17,18,19,20). The molecular weight excluding hydrogens is 310 g/mol. The van der Waals surface area contributed by atoms with Crippen LogP contribution in [0.5, 0.6) is 11.5 Å². The average Bonchev–Trinajstić information content (AvgIpc) is 3.06. The molecule has 0 unspecified atom stereocenters. The van der Waals surface area contributed by atoms with Crippen LogP contribution in [-0.4, -0.2) is 66.6 Å². The molecule has 3 N–H and O–H groups in total. The third kappa shape index (κ3) is 4.15. The van der Waals surface area contributed by atoms with Gasteiger partial charge in [-0.3, -0.25) is 4.90 Å². The van der Waals surface area contributed by atoms with Gasteiger partial charge in [-0.25, -0.2) is 5.10 Å². The first-order valence-corrected chi connectivity index (χ1v) is 8.05. The number of methoxy groups -OCH3 is 1. The molecule has 0 bridgehead atoms. The van der Waals surface area contributed by atoms with Crippen LogP contribution in [0, 0.1) is 0 Å². The largest absolute Gasteiger partial charge is 0.493 e. The van der Waals surface area contributed by atoms with Crippen LogP contribution in [-0.2, 0) is 4.74 Å². The van der Waals surface area contributed by atoms with Crippen LogP contribution in [0.3, 0.4) is 0 Å². The summed E-state index contributed by atoms with van der Waals surface area (Å²) >= 11 is 0. The molecule has 1 fully saturated rings. The summed E-state index contributed by atoms with van der Waals surface area (Å²) in [4.78, 5) is 6.50. The van der Waals surface area contributed by atoms with Gasteiger partial charge in [-0.05, 0) is 24.6 Å². The lowest BCUT2D eigenvalue weighted by molar-refractivity contribution is 0.0357. The molecule has 8 nitrogen and oxygen atoms in total. The summed E-state index contributed by atoms with van der Waals surface area (Å²) in [5.74, 6) is 2.19. The predicted octanol–water partition coefficient (Wildman–Crippen LogP) is 1.16. The van der Waals surface area contributed by atoms with Crippen LogP contribution in [0.15, 0.2) is 18.2 Å². The van der Waals surface area contributed by atoms with Crippen LogP contribution < -0.4 is 15.2 Å². The van der Waals surface area contributed by atoms with Crippen molar-refractivity contribution in [2.45, 2.75) is 6.42 Å². The van der Waals surface area contributed by atoms with E-state index in [4.69, 9.17) is 19.9 Å². The van der Waals surface area contributed by atoms with Crippen molar-refractivity contribution in [2.24, 2.45) is 0 Å². The number of nitrogens with two attached hydrogens (primary N) is 1. The number of nitrogens with zero attached hydrogens (tertiary/aromatic N) is 3. The number of nitrogens with one attached hydrogen (secondary N) is 1. The van der Waals surface area contributed by atoms with Gasteiger partial charge >= 0.3 is 0 Å². The van der Waals surface area contributed by atoms with E-state index in [2.05, 4.69) is 20.1 Å². The van der Waals surface area contributed by atoms with Crippen LogP contribution in [0.25, 0.3) is 11.4 Å². The highest BCUT2D eigenvalue weighted by Gasteiger charge is 2.12. The van der Waals surface area contributed by atoms with Crippen molar-refractivity contribution in [3.8, 4) is 22.9 Å². The highest BCUT2D eigenvalue weighted by atomic mass is 16.5. The maximum absolute atomic E-state index is 5.86. The Morgan fingerprint density at radius 3 is 2.83 bits per heavy atom. The van der Waals surface area contributed by atoms with Crippen LogP contribution >= 0.6 is 0 Å². The lowest BCUT2D eigenvalue weighted by atomic mass is 10.2. The molecule has 3 rings (SSSR count). The Balaban J connectivity index is 1.55. The fraction of sp³-hybridized carbons (Fsp3) is 0.500. The quantitative estimate of drug-likeness (QED) is 0.734. The molecule has 0 atom stereocenters. The first-order valence-electron chi connectivity index (χ1n) is 8.05. The number of anilines is 1. The van der Waals surface area contributed by atoms with Crippen molar-refractivity contribution in [2.75, 3.05) is 52.3 Å². The van der Waals surface area contributed by atoms with Gasteiger partial charge in [0, 0.05) is 25.2 Å². The summed E-state index contributed by atoms with van der Waals surface area (Å²) in [5, 5.41) is 6.67. The van der Waals surface area contributed by atoms with Gasteiger partial charge in [0.2, 0.25) is 5.95 Å². The monoisotopic (exact) mass is 333 g/mol. The summed E-state index contributed by atoms with van der Waals surface area (Å²) in [6.07, 6.45) is 0.961. The van der Waals surface area contributed by atoms with E-state index in [0.29, 0.717) is 23.9 Å². The molecule has 2 aromatic rings. The minimum atomic E-state index is 0.285. The molecule has 2 heterocycles. The van der Waals surface area contributed by atoms with E-state index < -0.39 is 0 Å². The first-order chi connectivity index (χ1) is 11.8. The van der Waals surface area contributed by atoms with Crippen LogP contribution in [0.1, 0.15) is 6.42 Å². The number of ether oxygens (including phenoxy) is 3. The Bertz CT molecular complexity index is 655. The zero-order valence-corrected chi connectivity index (χ0v) is 13.8. The summed E-state index contributed by atoms with van der Waals surface area (Å²) in [6.45, 7) is 5.29. The van der Waals surface area contributed by atoms with E-state index in [1.54, 1.807) is 7.11 Å². The average molecular weight is 333 g/mol. The van der Waals surface area contributed by atoms with Crippen molar-refractivity contribution in [3.63, 3.8) is 0 Å². The van der Waals surface area contributed by atoms with Gasteiger partial charge in [0.25, 0.3) is 0 Å². The highest BCUT2D eigenvalue weighted by Crippen LogP contribution is 2.31. The Kier molecular flexibility index (Phi) is 5.50. The second kappa shape index (κ2) is 7.98. The minimum Gasteiger partial charge on any atom is -0.493 e. The fourth-order valence-electron chi connectivity index (χ4n) is 2.62. The van der Waals surface area contributed by atoms with Crippen LogP contribution in [0.4, 0.5) is 5.95 Å². The molecule has 0 saturated carbocycles. The molecule has 1 aromatic carbocycles. The summed E-state index contributed by atoms with van der Waals surface area (Å²) in [5.41, 5.74) is 6.38. The van der Waals surface area contributed by atoms with Gasteiger partial charge in [0.1, 0.15) is 0 Å². The number of nitrogen functional groups attached to an aromatic ring is 1. The minimum absolute atomic E-state index is 0.285. The predicted molar refractivity (Wildman–Crippen MR) is 90.2 cm³/mol. The lowest BCUT2D eigenvalue weighted by Crippen LogP contribution is -2.37. The number of benzene rings is 1. The Morgan fingerprint density at radius 2 is 2.12 bits per heavy atom. The molecule has 1 aromatic heterocycles. The maximum atomic E-state index is 5.86. The number of morpholine rings is 1. The third-order valence-electron chi connectivity index (χ3n) is 3.90. The van der Waals surface area contributed by atoms with E-state index in [1.807, 2.05) is 18.2 Å². The normalized spacial score (nSPS) is 15.4. The molecular formula is C16H23N5O3. The van der Waals surface area contributed by atoms with Gasteiger partial charge in [-0.15, -0.1) is 0 Å². The number of H-pyrrole nitrogens is 1. The molecule has 1 aliphatic heterocycles. The molecule has 0 radical (unpaired) electrons. The molecule has 130 valence electrons. The Morgan fingerprint density at radius 1 is 1.29 bits per heavy atom. The summed E-state index contributed by atoms with van der Waals surface area (Å²) < 4.78 is 16.6. The summed E-state index contributed by atoms with van der Waals surface area (Å²) in [6, 6.07) is 5.61. The van der Waals surface area contributed by atoms with Gasteiger partial charge in [-0.2, -0.15) is 10.1 Å². The smallest absolute Gasteiger partial charge is 0.216 e. The molecule has 0 spiro atoms. The zero-order valence-electron chi connectivity index (χ0n) is 13.8. The molecule has 24 heavy (non-hydrogen) atoms. The lowest BCUT2D eigenvalue weighted by Gasteiger charge is -2.26. The second-order valence-electron chi connectivity index (χ2n) is 5.57. The molecule has 0 aliphatic carbocycles. The van der Waals surface area contributed by atoms with Crippen molar-refractivity contribution in [1.29, 1.82) is 0 Å². The van der Waals surface area contributed by atoms with Crippen molar-refractivity contribution < 1.29 is 14.2 Å². The number of hydrogen-bond acceptors (Lipinski definition) is 7. The topological polar surface area (TPSA) is 98.5 Å². The number of rotatable bonds is 7. The summed E-state index contributed by atoms with van der Waals surface area (Å²) in [7, 11) is 1.62. The number of hydrogen-bond donors (Lipinski definition) is 2. The second-order valence-corrected chi connectivity index (χ2v) is 5.57. The Hall–Kier alpha value is -2.32. The molecule has 0 amide bonds. The molecule has 1 saturated heterocycles. The van der Waals surface area contributed by atoms with Crippen molar-refractivity contribution >= 4 is 5.95 Å². The van der Waals surface area contributed by atoms with E-state index in [9.17, 15) is 0 Å². The van der Waals surface area contributed by atoms with Gasteiger partial charge < -0.3 is 19.9 Å². The van der Waals surface area contributed by atoms with Gasteiger partial charge in [0.15, 0.2) is 17.3 Å². The molecule has 1 aliphatic rings. The van der Waals surface area contributed by atoms with Crippen molar-refractivity contribution in [1.82, 2.24) is 20.1 Å². The van der Waals surface area contributed by atoms with Gasteiger partial charge in [-0.1, -0.05) is 0 Å². The first kappa shape index (κ1) is 16.5. The fourth-order valence-corrected chi connectivity index (χ4v) is 2.62.